The van der Waals surface area contributed by atoms with E-state index < -0.39 is 6.04 Å². The lowest BCUT2D eigenvalue weighted by atomic mass is 10.1. The van der Waals surface area contributed by atoms with Gasteiger partial charge in [0.1, 0.15) is 11.8 Å². The van der Waals surface area contributed by atoms with Gasteiger partial charge in [0.15, 0.2) is 6.61 Å². The molecule has 0 aliphatic rings. The molecule has 2 aromatic carbocycles. The van der Waals surface area contributed by atoms with E-state index >= 15 is 0 Å². The normalized spacial score (nSPS) is 11.6. The number of rotatable bonds is 9. The molecule has 0 aromatic heterocycles. The molecule has 0 spiro atoms. The molecule has 0 heterocycles. The van der Waals surface area contributed by atoms with Gasteiger partial charge in [-0.1, -0.05) is 49.4 Å². The van der Waals surface area contributed by atoms with E-state index in [-0.39, 0.29) is 18.4 Å². The summed E-state index contributed by atoms with van der Waals surface area (Å²) in [7, 11) is 0. The number of hydrogen-bond acceptors (Lipinski definition) is 3. The number of carbonyl (C=O) groups excluding carboxylic acids is 2. The predicted molar refractivity (Wildman–Crippen MR) is 111 cm³/mol. The molecule has 0 fully saturated rings. The Hall–Kier alpha value is -2.82. The van der Waals surface area contributed by atoms with Gasteiger partial charge in [-0.05, 0) is 49.9 Å². The highest BCUT2D eigenvalue weighted by Crippen LogP contribution is 2.20. The summed E-state index contributed by atoms with van der Waals surface area (Å²) in [5.74, 6) is 0.350. The number of aryl methyl sites for hydroxylation is 2. The predicted octanol–water partition coefficient (Wildman–Crippen LogP) is 3.63. The van der Waals surface area contributed by atoms with E-state index in [0.717, 1.165) is 16.7 Å². The van der Waals surface area contributed by atoms with Gasteiger partial charge >= 0.3 is 0 Å². The summed E-state index contributed by atoms with van der Waals surface area (Å²) >= 11 is 0. The highest BCUT2D eigenvalue weighted by Gasteiger charge is 2.28. The van der Waals surface area contributed by atoms with Crippen molar-refractivity contribution in [3.8, 4) is 5.75 Å². The number of carbonyl (C=O) groups is 2. The Balaban J connectivity index is 2.19. The van der Waals surface area contributed by atoms with Crippen LogP contribution in [0.5, 0.6) is 5.75 Å². The summed E-state index contributed by atoms with van der Waals surface area (Å²) in [6.07, 6.45) is 0.536. The first-order valence-electron chi connectivity index (χ1n) is 9.77. The lowest BCUT2D eigenvalue weighted by molar-refractivity contribution is -0.142. The summed E-state index contributed by atoms with van der Waals surface area (Å²) in [6, 6.07) is 15.1. The molecule has 0 saturated heterocycles. The summed E-state index contributed by atoms with van der Waals surface area (Å²) in [4.78, 5) is 27.2. The second-order valence-electron chi connectivity index (χ2n) is 6.88. The molecular weight excluding hydrogens is 352 g/mol. The maximum atomic E-state index is 13.0. The zero-order chi connectivity index (χ0) is 20.5. The van der Waals surface area contributed by atoms with Crippen molar-refractivity contribution in [1.82, 2.24) is 10.2 Å². The van der Waals surface area contributed by atoms with Crippen LogP contribution in [0.25, 0.3) is 0 Å². The van der Waals surface area contributed by atoms with Crippen LogP contribution in [0.2, 0.25) is 0 Å². The Bertz CT molecular complexity index is 790. The zero-order valence-corrected chi connectivity index (χ0v) is 17.2. The van der Waals surface area contributed by atoms with Gasteiger partial charge in [-0.2, -0.15) is 0 Å². The van der Waals surface area contributed by atoms with Gasteiger partial charge in [0.05, 0.1) is 0 Å². The van der Waals surface area contributed by atoms with Crippen LogP contribution in [-0.2, 0) is 16.1 Å². The van der Waals surface area contributed by atoms with Crippen molar-refractivity contribution in [1.29, 1.82) is 0 Å². The van der Waals surface area contributed by atoms with Gasteiger partial charge in [0.2, 0.25) is 5.91 Å². The van der Waals surface area contributed by atoms with E-state index in [2.05, 4.69) is 5.32 Å². The molecule has 2 rings (SSSR count). The van der Waals surface area contributed by atoms with Crippen molar-refractivity contribution < 1.29 is 14.3 Å². The molecule has 0 saturated carbocycles. The zero-order valence-electron chi connectivity index (χ0n) is 17.2. The fraction of sp³-hybridized carbons (Fsp3) is 0.391. The van der Waals surface area contributed by atoms with Crippen LogP contribution in [-0.4, -0.2) is 35.9 Å². The molecule has 0 unspecified atom stereocenters. The maximum Gasteiger partial charge on any atom is 0.261 e. The molecule has 150 valence electrons. The molecule has 0 radical (unpaired) electrons. The number of nitrogens with zero attached hydrogens (tertiary/aromatic N) is 1. The Kier molecular flexibility index (Phi) is 8.05. The van der Waals surface area contributed by atoms with Crippen LogP contribution in [0.3, 0.4) is 0 Å². The van der Waals surface area contributed by atoms with Gasteiger partial charge in [0.25, 0.3) is 5.91 Å². The van der Waals surface area contributed by atoms with Crippen molar-refractivity contribution in [2.24, 2.45) is 0 Å². The Labute approximate surface area is 167 Å². The van der Waals surface area contributed by atoms with Crippen LogP contribution >= 0.6 is 0 Å². The van der Waals surface area contributed by atoms with E-state index in [1.807, 2.05) is 76.2 Å². The third kappa shape index (κ3) is 5.84. The fourth-order valence-electron chi connectivity index (χ4n) is 3.08. The first-order chi connectivity index (χ1) is 13.5. The molecule has 1 N–H and O–H groups in total. The smallest absolute Gasteiger partial charge is 0.261 e. The van der Waals surface area contributed by atoms with Crippen molar-refractivity contribution >= 4 is 11.8 Å². The number of benzene rings is 2. The molecular formula is C23H30N2O3. The molecule has 0 bridgehead atoms. The minimum absolute atomic E-state index is 0.104. The number of nitrogens with one attached hydrogen (secondary N) is 1. The largest absolute Gasteiger partial charge is 0.483 e. The number of likely N-dealkylation sites (N-methyl/N-ethyl adjacent to an activating group) is 1. The number of amides is 2. The van der Waals surface area contributed by atoms with E-state index in [4.69, 9.17) is 4.74 Å². The summed E-state index contributed by atoms with van der Waals surface area (Å²) in [5.41, 5.74) is 3.03. The molecule has 0 aliphatic heterocycles. The van der Waals surface area contributed by atoms with Crippen molar-refractivity contribution in [3.05, 3.63) is 65.2 Å². The molecule has 2 amide bonds. The van der Waals surface area contributed by atoms with E-state index in [0.29, 0.717) is 25.3 Å². The van der Waals surface area contributed by atoms with Gasteiger partial charge in [-0.15, -0.1) is 0 Å². The summed E-state index contributed by atoms with van der Waals surface area (Å²) in [6.45, 7) is 8.51. The average molecular weight is 383 g/mol. The summed E-state index contributed by atoms with van der Waals surface area (Å²) < 4.78 is 5.81. The van der Waals surface area contributed by atoms with Crippen molar-refractivity contribution in [2.45, 2.75) is 46.7 Å². The van der Waals surface area contributed by atoms with Gasteiger partial charge in [-0.25, -0.2) is 0 Å². The monoisotopic (exact) mass is 382 g/mol. The third-order valence-corrected chi connectivity index (χ3v) is 4.63. The minimum Gasteiger partial charge on any atom is -0.483 e. The second kappa shape index (κ2) is 10.5. The first kappa shape index (κ1) is 21.5. The van der Waals surface area contributed by atoms with Crippen LogP contribution in [0.4, 0.5) is 0 Å². The molecule has 5 nitrogen and oxygen atoms in total. The average Bonchev–Trinajstić information content (AvgIpc) is 2.69. The van der Waals surface area contributed by atoms with Crippen molar-refractivity contribution in [3.63, 3.8) is 0 Å². The van der Waals surface area contributed by atoms with Crippen LogP contribution in [0.15, 0.2) is 48.5 Å². The highest BCUT2D eigenvalue weighted by atomic mass is 16.5. The van der Waals surface area contributed by atoms with Gasteiger partial charge in [0, 0.05) is 13.1 Å². The van der Waals surface area contributed by atoms with Crippen molar-refractivity contribution in [2.75, 3.05) is 13.2 Å². The maximum absolute atomic E-state index is 13.0. The quantitative estimate of drug-likeness (QED) is 0.721. The van der Waals surface area contributed by atoms with E-state index in [1.54, 1.807) is 4.90 Å². The molecule has 28 heavy (non-hydrogen) atoms. The lowest BCUT2D eigenvalue weighted by Gasteiger charge is -2.30. The highest BCUT2D eigenvalue weighted by molar-refractivity contribution is 5.88. The van der Waals surface area contributed by atoms with Crippen LogP contribution in [0.1, 0.15) is 37.0 Å². The van der Waals surface area contributed by atoms with Crippen LogP contribution in [0, 0.1) is 13.8 Å². The SMILES string of the molecule is CCNC(=O)[C@@H](CC)N(Cc1ccccc1)C(=O)COc1cc(C)ccc1C. The van der Waals surface area contributed by atoms with E-state index in [1.165, 1.54) is 0 Å². The number of hydrogen-bond donors (Lipinski definition) is 1. The fourth-order valence-corrected chi connectivity index (χ4v) is 3.08. The topological polar surface area (TPSA) is 58.6 Å². The molecule has 5 heteroatoms. The lowest BCUT2D eigenvalue weighted by Crippen LogP contribution is -2.50. The standard InChI is InChI=1S/C23H30N2O3/c1-5-20(23(27)24-6-2)25(15-19-10-8-7-9-11-19)22(26)16-28-21-14-17(3)12-13-18(21)4/h7-14,20H,5-6,15-16H2,1-4H3,(H,24,27)/t20-/m1/s1. The third-order valence-electron chi connectivity index (χ3n) is 4.63. The molecule has 1 atom stereocenters. The van der Waals surface area contributed by atoms with Gasteiger partial charge < -0.3 is 15.0 Å². The first-order valence-corrected chi connectivity index (χ1v) is 9.77. The molecule has 0 aliphatic carbocycles. The van der Waals surface area contributed by atoms with Gasteiger partial charge in [-0.3, -0.25) is 9.59 Å². The Morgan fingerprint density at radius 1 is 1.07 bits per heavy atom. The number of ether oxygens (including phenoxy) is 1. The second-order valence-corrected chi connectivity index (χ2v) is 6.88. The van der Waals surface area contributed by atoms with Crippen LogP contribution < -0.4 is 10.1 Å². The Morgan fingerprint density at radius 3 is 2.43 bits per heavy atom. The summed E-state index contributed by atoms with van der Waals surface area (Å²) in [5, 5.41) is 2.83. The molecule has 2 aromatic rings. The Morgan fingerprint density at radius 2 is 1.79 bits per heavy atom. The minimum atomic E-state index is -0.533. The van der Waals surface area contributed by atoms with E-state index in [9.17, 15) is 9.59 Å².